The van der Waals surface area contributed by atoms with Crippen molar-refractivity contribution >= 4 is 29.1 Å². The zero-order chi connectivity index (χ0) is 18.8. The van der Waals surface area contributed by atoms with Gasteiger partial charge in [-0.1, -0.05) is 42.0 Å². The lowest BCUT2D eigenvalue weighted by molar-refractivity contribution is -0.118. The van der Waals surface area contributed by atoms with Crippen LogP contribution in [0.2, 0.25) is 0 Å². The van der Waals surface area contributed by atoms with Gasteiger partial charge in [0, 0.05) is 16.9 Å². The molecule has 5 heteroatoms. The van der Waals surface area contributed by atoms with Gasteiger partial charge in [-0.25, -0.2) is 0 Å². The zero-order valence-electron chi connectivity index (χ0n) is 14.9. The number of carbonyl (C=O) groups is 2. The zero-order valence-corrected chi connectivity index (χ0v) is 15.7. The van der Waals surface area contributed by atoms with E-state index >= 15 is 0 Å². The Morgan fingerprint density at radius 1 is 1.11 bits per heavy atom. The van der Waals surface area contributed by atoms with Crippen molar-refractivity contribution in [2.75, 3.05) is 11.4 Å². The van der Waals surface area contributed by atoms with Gasteiger partial charge in [0.2, 0.25) is 5.91 Å². The van der Waals surface area contributed by atoms with Crippen molar-refractivity contribution in [3.05, 3.63) is 83.8 Å². The number of benzene rings is 2. The number of Topliss-reactive ketones (excluding diaryl/α,β-unsaturated/α-hetero) is 1. The molecule has 0 N–H and O–H groups in total. The molecule has 0 fully saturated rings. The number of ketones is 1. The third-order valence-electron chi connectivity index (χ3n) is 4.62. The minimum atomic E-state index is -0.104. The first-order valence-electron chi connectivity index (χ1n) is 8.81. The largest absolute Gasteiger partial charge is 0.468 e. The Balaban J connectivity index is 1.65. The Morgan fingerprint density at radius 2 is 1.89 bits per heavy atom. The molecule has 0 radical (unpaired) electrons. The second kappa shape index (κ2) is 7.45. The van der Waals surface area contributed by atoms with E-state index in [2.05, 4.69) is 0 Å². The van der Waals surface area contributed by atoms with Crippen LogP contribution in [0.3, 0.4) is 0 Å². The van der Waals surface area contributed by atoms with Gasteiger partial charge >= 0.3 is 0 Å². The van der Waals surface area contributed by atoms with Crippen molar-refractivity contribution in [1.82, 2.24) is 0 Å². The fourth-order valence-corrected chi connectivity index (χ4v) is 4.40. The molecule has 4 nitrogen and oxygen atoms in total. The highest BCUT2D eigenvalue weighted by Gasteiger charge is 2.31. The number of fused-ring (bicyclic) bond motifs is 1. The third kappa shape index (κ3) is 3.69. The summed E-state index contributed by atoms with van der Waals surface area (Å²) in [6.07, 6.45) is 1.91. The maximum Gasteiger partial charge on any atom is 0.229 e. The van der Waals surface area contributed by atoms with Crippen LogP contribution in [-0.2, 0) is 4.79 Å². The first kappa shape index (κ1) is 17.6. The van der Waals surface area contributed by atoms with Crippen LogP contribution in [0.1, 0.15) is 33.4 Å². The maximum absolute atomic E-state index is 13.0. The summed E-state index contributed by atoms with van der Waals surface area (Å²) in [5.41, 5.74) is 2.49. The number of amides is 1. The topological polar surface area (TPSA) is 50.5 Å². The van der Waals surface area contributed by atoms with E-state index in [0.717, 1.165) is 21.9 Å². The van der Waals surface area contributed by atoms with Crippen LogP contribution in [0.15, 0.2) is 76.2 Å². The van der Waals surface area contributed by atoms with E-state index < -0.39 is 0 Å². The highest BCUT2D eigenvalue weighted by Crippen LogP contribution is 2.45. The second-order valence-corrected chi connectivity index (χ2v) is 7.81. The molecule has 136 valence electrons. The summed E-state index contributed by atoms with van der Waals surface area (Å²) in [5, 5.41) is -0.104. The average Bonchev–Trinajstić information content (AvgIpc) is 3.17. The molecule has 27 heavy (non-hydrogen) atoms. The van der Waals surface area contributed by atoms with Gasteiger partial charge in [-0.2, -0.15) is 0 Å². The SMILES string of the molecule is Cc1ccc(C(=O)CN2C(=O)CC(c3ccco3)Sc3ccccc32)cc1. The molecule has 1 atom stereocenters. The molecular formula is C22H19NO3S. The van der Waals surface area contributed by atoms with Crippen molar-refractivity contribution in [2.45, 2.75) is 23.5 Å². The lowest BCUT2D eigenvalue weighted by atomic mass is 10.1. The summed E-state index contributed by atoms with van der Waals surface area (Å²) < 4.78 is 5.53. The average molecular weight is 377 g/mol. The van der Waals surface area contributed by atoms with Crippen molar-refractivity contribution in [3.8, 4) is 0 Å². The van der Waals surface area contributed by atoms with Gasteiger partial charge in [0.05, 0.1) is 23.7 Å². The first-order chi connectivity index (χ1) is 13.1. The van der Waals surface area contributed by atoms with E-state index in [-0.39, 0.29) is 29.9 Å². The van der Waals surface area contributed by atoms with Crippen LogP contribution in [0.25, 0.3) is 0 Å². The Bertz CT molecular complexity index is 963. The molecule has 0 saturated carbocycles. The second-order valence-electron chi connectivity index (χ2n) is 6.56. The number of carbonyl (C=O) groups excluding carboxylic acids is 2. The molecule has 0 spiro atoms. The van der Waals surface area contributed by atoms with Gasteiger partial charge in [0.25, 0.3) is 0 Å². The van der Waals surface area contributed by atoms with Crippen LogP contribution >= 0.6 is 11.8 Å². The van der Waals surface area contributed by atoms with E-state index in [9.17, 15) is 9.59 Å². The Kier molecular flexibility index (Phi) is 4.86. The van der Waals surface area contributed by atoms with Gasteiger partial charge < -0.3 is 9.32 Å². The Labute approximate surface area is 162 Å². The lowest BCUT2D eigenvalue weighted by Crippen LogP contribution is -2.35. The molecule has 0 bridgehead atoms. The van der Waals surface area contributed by atoms with Gasteiger partial charge in [0.15, 0.2) is 5.78 Å². The molecular weight excluding hydrogens is 358 g/mol. The standard InChI is InChI=1S/C22H19NO3S/c1-15-8-10-16(11-9-15)18(24)14-23-17-5-2-3-7-20(17)27-21(13-22(23)25)19-6-4-12-26-19/h2-12,21H,13-14H2,1H3. The van der Waals surface area contributed by atoms with Crippen molar-refractivity contribution < 1.29 is 14.0 Å². The normalized spacial score (nSPS) is 16.7. The number of thioether (sulfide) groups is 1. The number of rotatable bonds is 4. The molecule has 0 aliphatic carbocycles. The van der Waals surface area contributed by atoms with Gasteiger partial charge in [0.1, 0.15) is 5.76 Å². The van der Waals surface area contributed by atoms with Crippen molar-refractivity contribution in [2.24, 2.45) is 0 Å². The molecule has 1 aromatic heterocycles. The van der Waals surface area contributed by atoms with Crippen molar-refractivity contribution in [3.63, 3.8) is 0 Å². The molecule has 0 saturated heterocycles. The summed E-state index contributed by atoms with van der Waals surface area (Å²) in [5.74, 6) is 0.628. The number of hydrogen-bond donors (Lipinski definition) is 0. The van der Waals surface area contributed by atoms with E-state index in [1.807, 2.05) is 67.6 Å². The number of nitrogens with zero attached hydrogens (tertiary/aromatic N) is 1. The Hall–Kier alpha value is -2.79. The predicted octanol–water partition coefficient (Wildman–Crippen LogP) is 5.04. The van der Waals surface area contributed by atoms with Crippen molar-refractivity contribution in [1.29, 1.82) is 0 Å². The lowest BCUT2D eigenvalue weighted by Gasteiger charge is -2.22. The van der Waals surface area contributed by atoms with E-state index in [4.69, 9.17) is 4.42 Å². The number of anilines is 1. The number of furan rings is 1. The smallest absolute Gasteiger partial charge is 0.229 e. The highest BCUT2D eigenvalue weighted by molar-refractivity contribution is 7.99. The third-order valence-corrected chi connectivity index (χ3v) is 5.90. The molecule has 2 heterocycles. The van der Waals surface area contributed by atoms with Crippen LogP contribution in [0.4, 0.5) is 5.69 Å². The summed E-state index contributed by atoms with van der Waals surface area (Å²) in [6.45, 7) is 2.01. The number of aryl methyl sites for hydroxylation is 1. The minimum Gasteiger partial charge on any atom is -0.468 e. The summed E-state index contributed by atoms with van der Waals surface area (Å²) in [7, 11) is 0. The van der Waals surface area contributed by atoms with Crippen LogP contribution in [-0.4, -0.2) is 18.2 Å². The van der Waals surface area contributed by atoms with Gasteiger partial charge in [-0.3, -0.25) is 9.59 Å². The fourth-order valence-electron chi connectivity index (χ4n) is 3.16. The molecule has 1 aliphatic heterocycles. The molecule has 4 rings (SSSR count). The molecule has 2 aromatic carbocycles. The van der Waals surface area contributed by atoms with Gasteiger partial charge in [-0.15, -0.1) is 11.8 Å². The van der Waals surface area contributed by atoms with E-state index in [1.54, 1.807) is 22.9 Å². The molecule has 3 aromatic rings. The maximum atomic E-state index is 13.0. The van der Waals surface area contributed by atoms with Gasteiger partial charge in [-0.05, 0) is 31.2 Å². The van der Waals surface area contributed by atoms with Crippen LogP contribution in [0, 0.1) is 6.92 Å². The monoisotopic (exact) mass is 377 g/mol. The highest BCUT2D eigenvalue weighted by atomic mass is 32.2. The van der Waals surface area contributed by atoms with Crippen LogP contribution in [0.5, 0.6) is 0 Å². The summed E-state index contributed by atoms with van der Waals surface area (Å²) in [6, 6.07) is 18.9. The summed E-state index contributed by atoms with van der Waals surface area (Å²) in [4.78, 5) is 28.4. The van der Waals surface area contributed by atoms with Crippen LogP contribution < -0.4 is 4.90 Å². The Morgan fingerprint density at radius 3 is 2.63 bits per heavy atom. The molecule has 1 aliphatic rings. The molecule has 1 unspecified atom stereocenters. The minimum absolute atomic E-state index is 0.0321. The van der Waals surface area contributed by atoms with E-state index in [0.29, 0.717) is 5.56 Å². The fraction of sp³-hybridized carbons (Fsp3) is 0.182. The van der Waals surface area contributed by atoms with E-state index in [1.165, 1.54) is 0 Å². The molecule has 1 amide bonds. The predicted molar refractivity (Wildman–Crippen MR) is 106 cm³/mol. The first-order valence-corrected chi connectivity index (χ1v) is 9.69. The number of hydrogen-bond acceptors (Lipinski definition) is 4. The number of para-hydroxylation sites is 1. The summed E-state index contributed by atoms with van der Waals surface area (Å²) >= 11 is 1.60. The quantitative estimate of drug-likeness (QED) is 0.598.